The van der Waals surface area contributed by atoms with Crippen LogP contribution in [0, 0.1) is 6.92 Å². The average molecular weight is 357 g/mol. The Bertz CT molecular complexity index is 877. The van der Waals surface area contributed by atoms with Crippen LogP contribution in [0.2, 0.25) is 0 Å². The lowest BCUT2D eigenvalue weighted by molar-refractivity contribution is 0.175. The number of aryl methyl sites for hydroxylation is 1. The van der Waals surface area contributed by atoms with E-state index in [1.54, 1.807) is 48.8 Å². The molecule has 0 saturated heterocycles. The van der Waals surface area contributed by atoms with Gasteiger partial charge in [-0.15, -0.1) is 11.3 Å². The highest BCUT2D eigenvalue weighted by Crippen LogP contribution is 2.24. The van der Waals surface area contributed by atoms with Crippen molar-refractivity contribution in [3.63, 3.8) is 0 Å². The number of carbonyl (C=O) groups is 1. The van der Waals surface area contributed by atoms with Crippen molar-refractivity contribution in [1.29, 1.82) is 0 Å². The van der Waals surface area contributed by atoms with Gasteiger partial charge in [0.05, 0.1) is 28.4 Å². The second-order valence-electron chi connectivity index (χ2n) is 5.54. The third-order valence-electron chi connectivity index (χ3n) is 3.71. The van der Waals surface area contributed by atoms with Gasteiger partial charge in [0, 0.05) is 12.2 Å². The second kappa shape index (κ2) is 7.50. The average Bonchev–Trinajstić information content (AvgIpc) is 2.99. The smallest absolute Gasteiger partial charge is 0.319 e. The van der Waals surface area contributed by atoms with E-state index in [9.17, 15) is 9.90 Å². The van der Waals surface area contributed by atoms with Gasteiger partial charge in [-0.05, 0) is 42.8 Å². The molecule has 0 aliphatic heterocycles. The third kappa shape index (κ3) is 4.26. The van der Waals surface area contributed by atoms with E-state index in [4.69, 9.17) is 4.74 Å². The lowest BCUT2D eigenvalue weighted by Crippen LogP contribution is -2.32. The summed E-state index contributed by atoms with van der Waals surface area (Å²) in [7, 11) is 1.59. The lowest BCUT2D eigenvalue weighted by Gasteiger charge is -2.13. The number of amides is 2. The maximum absolute atomic E-state index is 12.0. The van der Waals surface area contributed by atoms with Gasteiger partial charge in [-0.2, -0.15) is 0 Å². The van der Waals surface area contributed by atoms with E-state index in [1.807, 2.05) is 19.1 Å². The molecule has 0 unspecified atom stereocenters. The SMILES string of the molecule is COc1ccc([C@H](O)CNC(=O)Nc2ccc3nc(C)sc3c2)cc1. The van der Waals surface area contributed by atoms with E-state index in [-0.39, 0.29) is 12.6 Å². The third-order valence-corrected chi connectivity index (χ3v) is 4.64. The zero-order valence-corrected chi connectivity index (χ0v) is 14.8. The molecule has 0 aliphatic carbocycles. The number of methoxy groups -OCH3 is 1. The van der Waals surface area contributed by atoms with Gasteiger partial charge in [0.2, 0.25) is 0 Å². The second-order valence-corrected chi connectivity index (χ2v) is 6.77. The van der Waals surface area contributed by atoms with Crippen molar-refractivity contribution in [2.45, 2.75) is 13.0 Å². The normalized spacial score (nSPS) is 12.0. The molecule has 0 radical (unpaired) electrons. The van der Waals surface area contributed by atoms with Crippen LogP contribution in [0.15, 0.2) is 42.5 Å². The van der Waals surface area contributed by atoms with Gasteiger partial charge in [-0.25, -0.2) is 9.78 Å². The molecule has 0 spiro atoms. The molecule has 1 aromatic heterocycles. The summed E-state index contributed by atoms with van der Waals surface area (Å²) in [6.07, 6.45) is -0.789. The number of urea groups is 1. The largest absolute Gasteiger partial charge is 0.497 e. The number of anilines is 1. The van der Waals surface area contributed by atoms with Gasteiger partial charge >= 0.3 is 6.03 Å². The number of nitrogens with one attached hydrogen (secondary N) is 2. The van der Waals surface area contributed by atoms with Gasteiger partial charge in [-0.1, -0.05) is 12.1 Å². The quantitative estimate of drug-likeness (QED) is 0.653. The molecule has 3 aromatic rings. The van der Waals surface area contributed by atoms with Gasteiger partial charge in [-0.3, -0.25) is 0 Å². The highest BCUT2D eigenvalue weighted by molar-refractivity contribution is 7.18. The Morgan fingerprint density at radius 2 is 2.04 bits per heavy atom. The number of benzene rings is 2. The van der Waals surface area contributed by atoms with Crippen molar-refractivity contribution in [3.8, 4) is 5.75 Å². The Balaban J connectivity index is 1.55. The molecule has 3 rings (SSSR count). The number of fused-ring (bicyclic) bond motifs is 1. The molecule has 0 fully saturated rings. The van der Waals surface area contributed by atoms with Crippen LogP contribution in [0.25, 0.3) is 10.2 Å². The number of hydrogen-bond donors (Lipinski definition) is 3. The molecule has 0 aliphatic rings. The topological polar surface area (TPSA) is 83.5 Å². The molecule has 130 valence electrons. The minimum Gasteiger partial charge on any atom is -0.497 e. The minimum atomic E-state index is -0.789. The molecule has 6 nitrogen and oxygen atoms in total. The van der Waals surface area contributed by atoms with Gasteiger partial charge in [0.15, 0.2) is 0 Å². The van der Waals surface area contributed by atoms with Crippen molar-refractivity contribution < 1.29 is 14.6 Å². The van der Waals surface area contributed by atoms with Crippen LogP contribution < -0.4 is 15.4 Å². The van der Waals surface area contributed by atoms with Crippen molar-refractivity contribution >= 4 is 33.3 Å². The summed E-state index contributed by atoms with van der Waals surface area (Å²) in [6.45, 7) is 2.06. The van der Waals surface area contributed by atoms with Crippen molar-refractivity contribution in [1.82, 2.24) is 10.3 Å². The monoisotopic (exact) mass is 357 g/mol. The zero-order valence-electron chi connectivity index (χ0n) is 13.9. The van der Waals surface area contributed by atoms with Crippen LogP contribution in [0.1, 0.15) is 16.7 Å². The first-order valence-electron chi connectivity index (χ1n) is 7.79. The molecule has 7 heteroatoms. The van der Waals surface area contributed by atoms with Crippen LogP contribution in [-0.4, -0.2) is 29.8 Å². The van der Waals surface area contributed by atoms with E-state index in [1.165, 1.54) is 0 Å². The highest BCUT2D eigenvalue weighted by Gasteiger charge is 2.10. The Morgan fingerprint density at radius 1 is 1.28 bits per heavy atom. The molecule has 0 bridgehead atoms. The Morgan fingerprint density at radius 3 is 2.76 bits per heavy atom. The molecular formula is C18H19N3O3S. The van der Waals surface area contributed by atoms with Crippen LogP contribution in [0.3, 0.4) is 0 Å². The summed E-state index contributed by atoms with van der Waals surface area (Å²) in [4.78, 5) is 16.4. The van der Waals surface area contributed by atoms with Crippen molar-refractivity contribution in [2.75, 3.05) is 19.0 Å². The summed E-state index contributed by atoms with van der Waals surface area (Å²) in [5, 5.41) is 16.6. The molecule has 1 atom stereocenters. The maximum atomic E-state index is 12.0. The first kappa shape index (κ1) is 17.2. The summed E-state index contributed by atoms with van der Waals surface area (Å²) >= 11 is 1.58. The maximum Gasteiger partial charge on any atom is 0.319 e. The number of rotatable bonds is 5. The van der Waals surface area contributed by atoms with E-state index < -0.39 is 6.10 Å². The number of aliphatic hydroxyl groups is 1. The standard InChI is InChI=1S/C18H19N3O3S/c1-11-20-15-8-5-13(9-17(15)25-11)21-18(23)19-10-16(22)12-3-6-14(24-2)7-4-12/h3-9,16,22H,10H2,1-2H3,(H2,19,21,23)/t16-/m1/s1. The molecule has 25 heavy (non-hydrogen) atoms. The fourth-order valence-electron chi connectivity index (χ4n) is 2.43. The molecule has 1 heterocycles. The van der Waals surface area contributed by atoms with E-state index in [0.717, 1.165) is 21.0 Å². The van der Waals surface area contributed by atoms with Crippen LogP contribution in [0.4, 0.5) is 10.5 Å². The zero-order chi connectivity index (χ0) is 17.8. The first-order chi connectivity index (χ1) is 12.0. The minimum absolute atomic E-state index is 0.111. The first-order valence-corrected chi connectivity index (χ1v) is 8.61. The lowest BCUT2D eigenvalue weighted by atomic mass is 10.1. The van der Waals surface area contributed by atoms with E-state index >= 15 is 0 Å². The fourth-order valence-corrected chi connectivity index (χ4v) is 3.29. The van der Waals surface area contributed by atoms with Crippen LogP contribution in [0.5, 0.6) is 5.75 Å². The number of ether oxygens (including phenoxy) is 1. The molecule has 0 saturated carbocycles. The highest BCUT2D eigenvalue weighted by atomic mass is 32.1. The molecule has 2 aromatic carbocycles. The van der Waals surface area contributed by atoms with Crippen molar-refractivity contribution in [3.05, 3.63) is 53.0 Å². The number of aromatic nitrogens is 1. The predicted molar refractivity (Wildman–Crippen MR) is 99.3 cm³/mol. The van der Waals surface area contributed by atoms with Crippen molar-refractivity contribution in [2.24, 2.45) is 0 Å². The Labute approximate surface area is 149 Å². The van der Waals surface area contributed by atoms with E-state index in [0.29, 0.717) is 11.3 Å². The van der Waals surface area contributed by atoms with E-state index in [2.05, 4.69) is 15.6 Å². The summed E-state index contributed by atoms with van der Waals surface area (Å²) in [5.41, 5.74) is 2.32. The number of thiazole rings is 1. The predicted octanol–water partition coefficient (Wildman–Crippen LogP) is 3.47. The van der Waals surface area contributed by atoms with Gasteiger partial charge < -0.3 is 20.5 Å². The summed E-state index contributed by atoms with van der Waals surface area (Å²) in [6, 6.07) is 12.3. The molecule has 3 N–H and O–H groups in total. The Kier molecular flexibility index (Phi) is 5.16. The fraction of sp³-hybridized carbons (Fsp3) is 0.222. The molecular weight excluding hydrogens is 338 g/mol. The molecule has 2 amide bonds. The number of hydrogen-bond acceptors (Lipinski definition) is 5. The van der Waals surface area contributed by atoms with Gasteiger partial charge in [0.25, 0.3) is 0 Å². The Hall–Kier alpha value is -2.64. The number of nitrogens with zero attached hydrogens (tertiary/aromatic N) is 1. The number of carbonyl (C=O) groups excluding carboxylic acids is 1. The van der Waals surface area contributed by atoms with Crippen LogP contribution >= 0.6 is 11.3 Å². The number of aliphatic hydroxyl groups excluding tert-OH is 1. The van der Waals surface area contributed by atoms with Gasteiger partial charge in [0.1, 0.15) is 5.75 Å². The summed E-state index contributed by atoms with van der Waals surface area (Å²) < 4.78 is 6.10. The van der Waals surface area contributed by atoms with Crippen LogP contribution in [-0.2, 0) is 0 Å². The summed E-state index contributed by atoms with van der Waals surface area (Å²) in [5.74, 6) is 0.718.